The number of nitrogens with zero attached hydrogens (tertiary/aromatic N) is 4. The molecule has 3 aromatic rings. The number of aromatic nitrogens is 4. The highest BCUT2D eigenvalue weighted by molar-refractivity contribution is 5.85. The van der Waals surface area contributed by atoms with Crippen molar-refractivity contribution in [1.29, 1.82) is 5.26 Å². The second-order valence-electron chi connectivity index (χ2n) is 5.63. The normalized spacial score (nSPS) is 9.46. The zero-order chi connectivity index (χ0) is 18.4. The van der Waals surface area contributed by atoms with Crippen LogP contribution in [-0.4, -0.2) is 33.3 Å². The Labute approximate surface area is 175 Å². The van der Waals surface area contributed by atoms with Gasteiger partial charge in [-0.05, 0) is 38.1 Å². The van der Waals surface area contributed by atoms with Gasteiger partial charge < -0.3 is 15.4 Å². The Balaban J connectivity index is 0.00000196. The van der Waals surface area contributed by atoms with E-state index >= 15 is 0 Å². The summed E-state index contributed by atoms with van der Waals surface area (Å²) in [5, 5.41) is 22.5. The number of aromatic amines is 1. The molecule has 0 aliphatic rings. The molecule has 8 nitrogen and oxygen atoms in total. The molecule has 3 rings (SSSR count). The van der Waals surface area contributed by atoms with Crippen LogP contribution in [0.25, 0.3) is 0 Å². The molecule has 10 heteroatoms. The Morgan fingerprint density at radius 3 is 2.68 bits per heavy atom. The number of aryl methyl sites for hydroxylation is 2. The van der Waals surface area contributed by atoms with Gasteiger partial charge >= 0.3 is 0 Å². The van der Waals surface area contributed by atoms with Gasteiger partial charge in [0.05, 0.1) is 17.8 Å². The van der Waals surface area contributed by atoms with E-state index in [2.05, 4.69) is 36.9 Å². The molecule has 0 atom stereocenters. The minimum absolute atomic E-state index is 0. The maximum Gasteiger partial charge on any atom is 0.153 e. The lowest BCUT2D eigenvalue weighted by Gasteiger charge is -2.11. The predicted molar refractivity (Wildman–Crippen MR) is 113 cm³/mol. The van der Waals surface area contributed by atoms with Crippen LogP contribution in [0.4, 0.5) is 17.5 Å². The van der Waals surface area contributed by atoms with Crippen LogP contribution >= 0.6 is 24.8 Å². The van der Waals surface area contributed by atoms with E-state index in [1.54, 1.807) is 18.3 Å². The first-order chi connectivity index (χ1) is 12.7. The topological polar surface area (TPSA) is 112 Å². The molecule has 0 saturated heterocycles. The van der Waals surface area contributed by atoms with Crippen molar-refractivity contribution in [3.05, 3.63) is 53.5 Å². The van der Waals surface area contributed by atoms with Crippen molar-refractivity contribution in [2.45, 2.75) is 13.8 Å². The molecule has 0 aromatic carbocycles. The molecule has 0 saturated carbocycles. The van der Waals surface area contributed by atoms with Gasteiger partial charge in [0.1, 0.15) is 30.1 Å². The Hall–Kier alpha value is -3.02. The fourth-order valence-electron chi connectivity index (χ4n) is 2.32. The zero-order valence-electron chi connectivity index (χ0n) is 15.4. The zero-order valence-corrected chi connectivity index (χ0v) is 17.0. The van der Waals surface area contributed by atoms with Crippen LogP contribution in [0.3, 0.4) is 0 Å². The van der Waals surface area contributed by atoms with E-state index in [4.69, 9.17) is 4.74 Å². The fraction of sp³-hybridized carbons (Fsp3) is 0.222. The largest absolute Gasteiger partial charge is 0.490 e. The lowest BCUT2D eigenvalue weighted by atomic mass is 10.2. The van der Waals surface area contributed by atoms with E-state index in [1.165, 1.54) is 0 Å². The maximum atomic E-state index is 9.27. The summed E-state index contributed by atoms with van der Waals surface area (Å²) in [4.78, 5) is 8.62. The molecular weight excluding hydrogens is 401 g/mol. The number of anilines is 3. The first-order valence-electron chi connectivity index (χ1n) is 8.14. The second kappa shape index (κ2) is 11.0. The molecular formula is C18H21Cl2N7O. The average molecular weight is 422 g/mol. The van der Waals surface area contributed by atoms with Crippen molar-refractivity contribution >= 4 is 42.3 Å². The summed E-state index contributed by atoms with van der Waals surface area (Å²) < 4.78 is 5.70. The van der Waals surface area contributed by atoms with Crippen LogP contribution < -0.4 is 15.4 Å². The van der Waals surface area contributed by atoms with Crippen molar-refractivity contribution < 1.29 is 4.74 Å². The Morgan fingerprint density at radius 1 is 1.18 bits per heavy atom. The fourth-order valence-corrected chi connectivity index (χ4v) is 2.32. The predicted octanol–water partition coefficient (Wildman–Crippen LogP) is 3.77. The molecule has 3 N–H and O–H groups in total. The Kier molecular flexibility index (Phi) is 9.02. The maximum absolute atomic E-state index is 9.27. The van der Waals surface area contributed by atoms with Gasteiger partial charge in [-0.15, -0.1) is 24.8 Å². The van der Waals surface area contributed by atoms with E-state index in [9.17, 15) is 5.26 Å². The number of H-pyrrole nitrogens is 1. The number of pyridine rings is 2. The third-order valence-corrected chi connectivity index (χ3v) is 3.59. The summed E-state index contributed by atoms with van der Waals surface area (Å²) in [5.74, 6) is 2.51. The third-order valence-electron chi connectivity index (χ3n) is 3.59. The minimum atomic E-state index is 0. The van der Waals surface area contributed by atoms with Crippen LogP contribution in [0.5, 0.6) is 5.75 Å². The molecule has 28 heavy (non-hydrogen) atoms. The lowest BCUT2D eigenvalue weighted by molar-refractivity contribution is 0.329. The van der Waals surface area contributed by atoms with Crippen molar-refractivity contribution in [3.63, 3.8) is 0 Å². The van der Waals surface area contributed by atoms with Crippen LogP contribution in [0, 0.1) is 25.2 Å². The molecule has 0 bridgehead atoms. The number of ether oxygens (including phenoxy) is 1. The molecule has 0 aliphatic carbocycles. The number of hydrogen-bond donors (Lipinski definition) is 3. The quantitative estimate of drug-likeness (QED) is 0.497. The minimum Gasteiger partial charge on any atom is -0.490 e. The van der Waals surface area contributed by atoms with E-state index in [0.29, 0.717) is 36.2 Å². The van der Waals surface area contributed by atoms with Gasteiger partial charge in [-0.25, -0.2) is 4.98 Å². The van der Waals surface area contributed by atoms with Crippen LogP contribution in [-0.2, 0) is 0 Å². The SMILES string of the molecule is Cc1cc(Nc2ccc(C#N)c(NCCOc3cccnc3C)n2)n[nH]1.Cl.Cl. The average Bonchev–Trinajstić information content (AvgIpc) is 3.05. The first-order valence-corrected chi connectivity index (χ1v) is 8.14. The third kappa shape index (κ3) is 6.01. The molecule has 0 fully saturated rings. The summed E-state index contributed by atoms with van der Waals surface area (Å²) in [6, 6.07) is 11.2. The molecule has 3 heterocycles. The highest BCUT2D eigenvalue weighted by Gasteiger charge is 2.07. The smallest absolute Gasteiger partial charge is 0.153 e. The van der Waals surface area contributed by atoms with Gasteiger partial charge in [-0.2, -0.15) is 10.4 Å². The van der Waals surface area contributed by atoms with Gasteiger partial charge in [0.25, 0.3) is 0 Å². The van der Waals surface area contributed by atoms with E-state index < -0.39 is 0 Å². The van der Waals surface area contributed by atoms with Gasteiger partial charge in [-0.3, -0.25) is 10.1 Å². The summed E-state index contributed by atoms with van der Waals surface area (Å²) >= 11 is 0. The summed E-state index contributed by atoms with van der Waals surface area (Å²) in [6.45, 7) is 4.74. The molecule has 0 amide bonds. The van der Waals surface area contributed by atoms with Crippen molar-refractivity contribution in [2.24, 2.45) is 0 Å². The second-order valence-corrected chi connectivity index (χ2v) is 5.63. The molecule has 0 unspecified atom stereocenters. The van der Waals surface area contributed by atoms with E-state index in [-0.39, 0.29) is 24.8 Å². The summed E-state index contributed by atoms with van der Waals surface area (Å²) in [6.07, 6.45) is 1.73. The number of rotatable bonds is 7. The first kappa shape index (κ1) is 23.0. The van der Waals surface area contributed by atoms with Gasteiger partial charge in [0.15, 0.2) is 5.82 Å². The highest BCUT2D eigenvalue weighted by Crippen LogP contribution is 2.19. The van der Waals surface area contributed by atoms with E-state index in [0.717, 1.165) is 17.1 Å². The molecule has 0 aliphatic heterocycles. The van der Waals surface area contributed by atoms with Crippen molar-refractivity contribution in [2.75, 3.05) is 23.8 Å². The molecule has 0 radical (unpaired) electrons. The number of nitrogens with one attached hydrogen (secondary N) is 3. The van der Waals surface area contributed by atoms with Crippen LogP contribution in [0.1, 0.15) is 17.0 Å². The molecule has 0 spiro atoms. The lowest BCUT2D eigenvalue weighted by Crippen LogP contribution is -2.14. The van der Waals surface area contributed by atoms with Crippen LogP contribution in [0.15, 0.2) is 36.5 Å². The standard InChI is InChI=1S/C18H19N7O.2ClH/c1-12-10-17(25-24-12)22-16-6-5-14(11-19)18(23-16)21-8-9-26-15-4-3-7-20-13(15)2;;/h3-7,10H,8-9H2,1-2H3,(H3,21,22,23,24,25);2*1H. The van der Waals surface area contributed by atoms with Crippen molar-refractivity contribution in [3.8, 4) is 11.8 Å². The number of halogens is 2. The Morgan fingerprint density at radius 2 is 2.00 bits per heavy atom. The molecule has 3 aromatic heterocycles. The van der Waals surface area contributed by atoms with Crippen LogP contribution in [0.2, 0.25) is 0 Å². The van der Waals surface area contributed by atoms with Crippen molar-refractivity contribution in [1.82, 2.24) is 20.2 Å². The molecule has 148 valence electrons. The highest BCUT2D eigenvalue weighted by atomic mass is 35.5. The number of nitriles is 1. The van der Waals surface area contributed by atoms with Gasteiger partial charge in [0.2, 0.25) is 0 Å². The van der Waals surface area contributed by atoms with Gasteiger partial charge in [0, 0.05) is 18.0 Å². The number of hydrogen-bond acceptors (Lipinski definition) is 7. The van der Waals surface area contributed by atoms with Gasteiger partial charge in [-0.1, -0.05) is 0 Å². The monoisotopic (exact) mass is 421 g/mol. The summed E-state index contributed by atoms with van der Waals surface area (Å²) in [5.41, 5.74) is 2.25. The van der Waals surface area contributed by atoms with E-state index in [1.807, 2.05) is 32.0 Å². The summed E-state index contributed by atoms with van der Waals surface area (Å²) in [7, 11) is 0. The Bertz CT molecular complexity index is 940.